The van der Waals surface area contributed by atoms with Crippen LogP contribution in [0.4, 0.5) is 8.78 Å². The number of methoxy groups -OCH3 is 1. The molecular weight excluding hydrogens is 208 g/mol. The van der Waals surface area contributed by atoms with Crippen molar-refractivity contribution in [1.29, 1.82) is 0 Å². The highest BCUT2D eigenvalue weighted by molar-refractivity contribution is 5.40. The van der Waals surface area contributed by atoms with Crippen LogP contribution in [0.2, 0.25) is 0 Å². The molecule has 6 heteroatoms. The van der Waals surface area contributed by atoms with Crippen LogP contribution in [0.15, 0.2) is 6.07 Å². The molecule has 0 aliphatic carbocycles. The molecule has 0 radical (unpaired) electrons. The molecule has 4 nitrogen and oxygen atoms in total. The van der Waals surface area contributed by atoms with Gasteiger partial charge in [0.1, 0.15) is 0 Å². The van der Waals surface area contributed by atoms with E-state index in [0.29, 0.717) is 0 Å². The van der Waals surface area contributed by atoms with E-state index >= 15 is 0 Å². The minimum absolute atomic E-state index is 0.209. The molecule has 15 heavy (non-hydrogen) atoms. The van der Waals surface area contributed by atoms with Crippen LogP contribution in [-0.4, -0.2) is 19.3 Å². The largest absolute Gasteiger partial charge is 0.505 e. The van der Waals surface area contributed by atoms with Crippen LogP contribution in [0.3, 0.4) is 0 Å². The molecule has 1 rings (SSSR count). The number of phenolic OH excluding ortho intramolecular Hbond substituents is 1. The molecule has 0 aromatic heterocycles. The molecule has 0 aliphatic heterocycles. The number of nitrogens with one attached hydrogen (secondary N) is 1. The van der Waals surface area contributed by atoms with Gasteiger partial charge >= 0.3 is 0 Å². The molecule has 1 aromatic carbocycles. The van der Waals surface area contributed by atoms with Gasteiger partial charge in [-0.1, -0.05) is 0 Å². The third-order valence-corrected chi connectivity index (χ3v) is 1.85. The fourth-order valence-corrected chi connectivity index (χ4v) is 1.10. The van der Waals surface area contributed by atoms with Crippen LogP contribution in [0.5, 0.6) is 11.5 Å². The van der Waals surface area contributed by atoms with Crippen molar-refractivity contribution < 1.29 is 23.5 Å². The second-order valence-electron chi connectivity index (χ2n) is 2.73. The summed E-state index contributed by atoms with van der Waals surface area (Å²) in [6, 6.07) is 0.876. The molecule has 1 aromatic rings. The van der Waals surface area contributed by atoms with Gasteiger partial charge in [0.2, 0.25) is 0 Å². The van der Waals surface area contributed by atoms with E-state index < -0.39 is 17.4 Å². The van der Waals surface area contributed by atoms with Crippen molar-refractivity contribution in [2.24, 2.45) is 0 Å². The lowest BCUT2D eigenvalue weighted by Crippen LogP contribution is -2.14. The Hall–Kier alpha value is -1.40. The van der Waals surface area contributed by atoms with E-state index in [4.69, 9.17) is 5.11 Å². The Morgan fingerprint density at radius 1 is 1.33 bits per heavy atom. The summed E-state index contributed by atoms with van der Waals surface area (Å²) in [4.78, 5) is 4.46. The average Bonchev–Trinajstić information content (AvgIpc) is 2.23. The second kappa shape index (κ2) is 4.90. The maximum atomic E-state index is 13.5. The van der Waals surface area contributed by atoms with E-state index in [0.717, 1.165) is 6.07 Å². The van der Waals surface area contributed by atoms with Crippen LogP contribution >= 0.6 is 0 Å². The van der Waals surface area contributed by atoms with Crippen molar-refractivity contribution in [3.8, 4) is 11.5 Å². The van der Waals surface area contributed by atoms with Crippen molar-refractivity contribution in [3.63, 3.8) is 0 Å². The molecule has 0 saturated heterocycles. The quantitative estimate of drug-likeness (QED) is 0.750. The smallest absolute Gasteiger partial charge is 0.172 e. The molecule has 0 aliphatic rings. The predicted octanol–water partition coefficient (Wildman–Crippen LogP) is 1.33. The first-order valence-electron chi connectivity index (χ1n) is 4.11. The maximum Gasteiger partial charge on any atom is 0.172 e. The van der Waals surface area contributed by atoms with Gasteiger partial charge in [-0.05, 0) is 0 Å². The summed E-state index contributed by atoms with van der Waals surface area (Å²) in [6.45, 7) is -0.209. The van der Waals surface area contributed by atoms with Gasteiger partial charge in [-0.2, -0.15) is 5.48 Å². The average molecular weight is 219 g/mol. The Morgan fingerprint density at radius 2 is 2.00 bits per heavy atom. The molecule has 0 bridgehead atoms. The van der Waals surface area contributed by atoms with Crippen molar-refractivity contribution in [2.45, 2.75) is 6.54 Å². The Bertz CT molecular complexity index is 358. The third-order valence-electron chi connectivity index (χ3n) is 1.85. The number of hydroxylamine groups is 1. The van der Waals surface area contributed by atoms with Gasteiger partial charge < -0.3 is 14.7 Å². The van der Waals surface area contributed by atoms with Crippen LogP contribution in [0.1, 0.15) is 5.56 Å². The lowest BCUT2D eigenvalue weighted by Gasteiger charge is -2.10. The van der Waals surface area contributed by atoms with Gasteiger partial charge in [0.25, 0.3) is 0 Å². The van der Waals surface area contributed by atoms with Gasteiger partial charge in [0, 0.05) is 11.6 Å². The summed E-state index contributed by atoms with van der Waals surface area (Å²) in [5.41, 5.74) is 1.94. The number of hydrogen-bond acceptors (Lipinski definition) is 4. The van der Waals surface area contributed by atoms with E-state index in [1.807, 2.05) is 0 Å². The molecule has 0 heterocycles. The monoisotopic (exact) mass is 219 g/mol. The summed E-state index contributed by atoms with van der Waals surface area (Å²) < 4.78 is 31.4. The predicted molar refractivity (Wildman–Crippen MR) is 48.4 cm³/mol. The van der Waals surface area contributed by atoms with E-state index in [1.165, 1.54) is 14.2 Å². The fourth-order valence-electron chi connectivity index (χ4n) is 1.10. The maximum absolute atomic E-state index is 13.5. The van der Waals surface area contributed by atoms with Crippen molar-refractivity contribution in [2.75, 3.05) is 14.2 Å². The lowest BCUT2D eigenvalue weighted by atomic mass is 10.1. The molecule has 0 amide bonds. The van der Waals surface area contributed by atoms with E-state index in [9.17, 15) is 8.78 Å². The number of benzene rings is 1. The normalized spacial score (nSPS) is 10.4. The highest BCUT2D eigenvalue weighted by atomic mass is 19.1. The number of halogens is 2. The number of hydrogen-bond donors (Lipinski definition) is 2. The fraction of sp³-hybridized carbons (Fsp3) is 0.333. The zero-order valence-electron chi connectivity index (χ0n) is 8.30. The van der Waals surface area contributed by atoms with Crippen molar-refractivity contribution >= 4 is 0 Å². The van der Waals surface area contributed by atoms with E-state index in [1.54, 1.807) is 0 Å². The van der Waals surface area contributed by atoms with Crippen LogP contribution in [0.25, 0.3) is 0 Å². The molecule has 0 unspecified atom stereocenters. The molecule has 0 saturated carbocycles. The molecule has 2 N–H and O–H groups in total. The topological polar surface area (TPSA) is 50.7 Å². The molecule has 0 atom stereocenters. The zero-order chi connectivity index (χ0) is 11.4. The first kappa shape index (κ1) is 11.7. The van der Waals surface area contributed by atoms with Crippen molar-refractivity contribution in [1.82, 2.24) is 5.48 Å². The first-order chi connectivity index (χ1) is 7.11. The Morgan fingerprint density at radius 3 is 2.53 bits per heavy atom. The molecule has 0 spiro atoms. The lowest BCUT2D eigenvalue weighted by molar-refractivity contribution is 0.0848. The first-order valence-corrected chi connectivity index (χ1v) is 4.11. The third kappa shape index (κ3) is 2.34. The summed E-state index contributed by atoms with van der Waals surface area (Å²) in [7, 11) is 2.54. The SMILES string of the molecule is CONCc1c(F)c(O)cc(OC)c1F. The molecule has 0 fully saturated rings. The van der Waals surface area contributed by atoms with Gasteiger partial charge in [-0.3, -0.25) is 0 Å². The Balaban J connectivity index is 3.15. The van der Waals surface area contributed by atoms with Gasteiger partial charge in [0.05, 0.1) is 20.8 Å². The van der Waals surface area contributed by atoms with Crippen LogP contribution in [0, 0.1) is 11.6 Å². The number of aromatic hydroxyl groups is 1. The highest BCUT2D eigenvalue weighted by Crippen LogP contribution is 2.30. The van der Waals surface area contributed by atoms with E-state index in [2.05, 4.69) is 15.1 Å². The van der Waals surface area contributed by atoms with Gasteiger partial charge in [-0.25, -0.2) is 8.78 Å². The zero-order valence-corrected chi connectivity index (χ0v) is 8.30. The highest BCUT2D eigenvalue weighted by Gasteiger charge is 2.18. The minimum atomic E-state index is -1.03. The minimum Gasteiger partial charge on any atom is -0.505 e. The Kier molecular flexibility index (Phi) is 3.81. The standard InChI is InChI=1S/C9H11F2NO3/c1-14-7-3-6(13)8(10)5(9(7)11)4-12-15-2/h3,12-13H,4H2,1-2H3. The molecular formula is C9H11F2NO3. The summed E-state index contributed by atoms with van der Waals surface area (Å²) in [5, 5.41) is 9.15. The number of phenols is 1. The Labute approximate surface area is 85.4 Å². The molecule has 84 valence electrons. The van der Waals surface area contributed by atoms with Crippen LogP contribution in [-0.2, 0) is 11.4 Å². The number of ether oxygens (including phenoxy) is 1. The van der Waals surface area contributed by atoms with Gasteiger partial charge in [-0.15, -0.1) is 0 Å². The van der Waals surface area contributed by atoms with Crippen LogP contribution < -0.4 is 10.2 Å². The summed E-state index contributed by atoms with van der Waals surface area (Å²) in [5.74, 6) is -2.78. The second-order valence-corrected chi connectivity index (χ2v) is 2.73. The summed E-state index contributed by atoms with van der Waals surface area (Å²) >= 11 is 0. The summed E-state index contributed by atoms with van der Waals surface area (Å²) in [6.07, 6.45) is 0. The van der Waals surface area contributed by atoms with E-state index in [-0.39, 0.29) is 17.9 Å². The number of rotatable bonds is 4. The van der Waals surface area contributed by atoms with Gasteiger partial charge in [0.15, 0.2) is 23.1 Å². The van der Waals surface area contributed by atoms with Crippen molar-refractivity contribution in [3.05, 3.63) is 23.3 Å².